The average molecular weight is 286 g/mol. The lowest BCUT2D eigenvalue weighted by atomic mass is 10.1. The predicted octanol–water partition coefficient (Wildman–Crippen LogP) is 5.25. The maximum Gasteiger partial charge on any atom is 0.0655 e. The van der Waals surface area contributed by atoms with E-state index in [-0.39, 0.29) is 0 Å². The van der Waals surface area contributed by atoms with Crippen molar-refractivity contribution in [3.8, 4) is 0 Å². The molecule has 3 rings (SSSR count). The molecule has 0 fully saturated rings. The molecule has 0 saturated heterocycles. The van der Waals surface area contributed by atoms with Crippen molar-refractivity contribution >= 4 is 17.1 Å². The second kappa shape index (κ2) is 6.72. The molecule has 108 valence electrons. The highest BCUT2D eigenvalue weighted by Gasteiger charge is 2.08. The van der Waals surface area contributed by atoms with Gasteiger partial charge in [0.15, 0.2) is 0 Å². The van der Waals surface area contributed by atoms with Crippen molar-refractivity contribution in [2.75, 3.05) is 5.01 Å². The van der Waals surface area contributed by atoms with E-state index in [4.69, 9.17) is 5.10 Å². The second-order valence-electron chi connectivity index (χ2n) is 5.03. The molecule has 0 N–H and O–H groups in total. The van der Waals surface area contributed by atoms with E-state index >= 15 is 0 Å². The van der Waals surface area contributed by atoms with E-state index in [1.807, 2.05) is 66.5 Å². The number of anilines is 2. The Bertz CT molecular complexity index is 695. The largest absolute Gasteiger partial charge is 0.234 e. The summed E-state index contributed by atoms with van der Waals surface area (Å²) in [5.41, 5.74) is 4.20. The van der Waals surface area contributed by atoms with Crippen LogP contribution in [0.5, 0.6) is 0 Å². The molecule has 0 saturated carbocycles. The number of nitrogens with zero attached hydrogens (tertiary/aromatic N) is 2. The Kier molecular flexibility index (Phi) is 4.30. The van der Waals surface area contributed by atoms with Crippen LogP contribution in [0.25, 0.3) is 0 Å². The molecule has 0 unspecified atom stereocenters. The maximum atomic E-state index is 4.84. The fraction of sp³-hybridized carbons (Fsp3) is 0.0500. The van der Waals surface area contributed by atoms with E-state index < -0.39 is 0 Å². The van der Waals surface area contributed by atoms with Crippen LogP contribution in [0.3, 0.4) is 0 Å². The van der Waals surface area contributed by atoms with Gasteiger partial charge in [-0.3, -0.25) is 0 Å². The molecule has 3 aromatic rings. The Labute approximate surface area is 131 Å². The van der Waals surface area contributed by atoms with Crippen molar-refractivity contribution in [3.63, 3.8) is 0 Å². The van der Waals surface area contributed by atoms with Gasteiger partial charge in [-0.1, -0.05) is 66.7 Å². The lowest BCUT2D eigenvalue weighted by Gasteiger charge is -2.20. The summed E-state index contributed by atoms with van der Waals surface area (Å²) in [6, 6.07) is 30.6. The first-order valence-corrected chi connectivity index (χ1v) is 7.35. The normalized spacial score (nSPS) is 11.2. The number of hydrazone groups is 1. The predicted molar refractivity (Wildman–Crippen MR) is 93.7 cm³/mol. The first-order chi connectivity index (χ1) is 10.8. The molecule has 0 spiro atoms. The molecule has 2 heteroatoms. The van der Waals surface area contributed by atoms with Gasteiger partial charge in [-0.2, -0.15) is 5.10 Å². The Morgan fingerprint density at radius 3 is 1.50 bits per heavy atom. The summed E-state index contributed by atoms with van der Waals surface area (Å²) in [4.78, 5) is 0. The summed E-state index contributed by atoms with van der Waals surface area (Å²) in [7, 11) is 0. The molecule has 0 aliphatic heterocycles. The zero-order chi connectivity index (χ0) is 15.2. The fourth-order valence-corrected chi connectivity index (χ4v) is 2.29. The van der Waals surface area contributed by atoms with Gasteiger partial charge in [-0.15, -0.1) is 0 Å². The minimum absolute atomic E-state index is 0.980. The van der Waals surface area contributed by atoms with Crippen LogP contribution in [0.15, 0.2) is 96.1 Å². The molecular formula is C20H18N2. The SMILES string of the molecule is CC(=NN(c1ccccc1)c1ccccc1)c1ccccc1. The van der Waals surface area contributed by atoms with E-state index in [0.717, 1.165) is 22.6 Å². The number of benzene rings is 3. The van der Waals surface area contributed by atoms with Gasteiger partial charge >= 0.3 is 0 Å². The van der Waals surface area contributed by atoms with Gasteiger partial charge < -0.3 is 0 Å². The minimum Gasteiger partial charge on any atom is -0.234 e. The zero-order valence-electron chi connectivity index (χ0n) is 12.6. The van der Waals surface area contributed by atoms with E-state index in [1.165, 1.54) is 0 Å². The third-order valence-corrected chi connectivity index (χ3v) is 3.44. The highest BCUT2D eigenvalue weighted by molar-refractivity contribution is 5.99. The third-order valence-electron chi connectivity index (χ3n) is 3.44. The molecule has 0 bridgehead atoms. The zero-order valence-corrected chi connectivity index (χ0v) is 12.6. The van der Waals surface area contributed by atoms with Crippen LogP contribution in [0, 0.1) is 0 Å². The van der Waals surface area contributed by atoms with Crippen LogP contribution in [-0.2, 0) is 0 Å². The van der Waals surface area contributed by atoms with Gasteiger partial charge in [-0.05, 0) is 36.8 Å². The molecule has 0 aliphatic rings. The summed E-state index contributed by atoms with van der Waals surface area (Å²) in [5, 5.41) is 6.81. The Balaban J connectivity index is 2.03. The number of hydrogen-bond donors (Lipinski definition) is 0. The van der Waals surface area contributed by atoms with E-state index in [9.17, 15) is 0 Å². The quantitative estimate of drug-likeness (QED) is 0.472. The fourth-order valence-electron chi connectivity index (χ4n) is 2.29. The van der Waals surface area contributed by atoms with Crippen molar-refractivity contribution in [3.05, 3.63) is 96.6 Å². The molecule has 0 aromatic heterocycles. The molecule has 0 atom stereocenters. The second-order valence-corrected chi connectivity index (χ2v) is 5.03. The standard InChI is InChI=1S/C20H18N2/c1-17(18-11-5-2-6-12-18)21-22(19-13-7-3-8-14-19)20-15-9-4-10-16-20/h2-16H,1H3. The highest BCUT2D eigenvalue weighted by atomic mass is 15.5. The first-order valence-electron chi connectivity index (χ1n) is 7.35. The molecular weight excluding hydrogens is 268 g/mol. The lowest BCUT2D eigenvalue weighted by molar-refractivity contribution is 1.08. The van der Waals surface area contributed by atoms with Gasteiger partial charge in [0.2, 0.25) is 0 Å². The monoisotopic (exact) mass is 286 g/mol. The molecule has 22 heavy (non-hydrogen) atoms. The van der Waals surface area contributed by atoms with Gasteiger partial charge in [0.25, 0.3) is 0 Å². The summed E-state index contributed by atoms with van der Waals surface area (Å²) in [6.45, 7) is 2.04. The Morgan fingerprint density at radius 1 is 0.636 bits per heavy atom. The third kappa shape index (κ3) is 3.23. The van der Waals surface area contributed by atoms with Crippen LogP contribution < -0.4 is 5.01 Å². The summed E-state index contributed by atoms with van der Waals surface area (Å²) in [5.74, 6) is 0. The van der Waals surface area contributed by atoms with Crippen LogP contribution in [0.1, 0.15) is 12.5 Å². The number of hydrogen-bond acceptors (Lipinski definition) is 2. The molecule has 0 aliphatic carbocycles. The molecule has 2 nitrogen and oxygen atoms in total. The van der Waals surface area contributed by atoms with Crippen LogP contribution in [0.2, 0.25) is 0 Å². The van der Waals surface area contributed by atoms with Crippen molar-refractivity contribution in [1.29, 1.82) is 0 Å². The average Bonchev–Trinajstić information content (AvgIpc) is 2.62. The van der Waals surface area contributed by atoms with Gasteiger partial charge in [0.1, 0.15) is 0 Å². The van der Waals surface area contributed by atoms with Gasteiger partial charge in [0.05, 0.1) is 17.1 Å². The van der Waals surface area contributed by atoms with Crippen molar-refractivity contribution < 1.29 is 0 Å². The molecule has 0 heterocycles. The van der Waals surface area contributed by atoms with Crippen LogP contribution in [0.4, 0.5) is 11.4 Å². The maximum absolute atomic E-state index is 4.84. The van der Waals surface area contributed by atoms with E-state index in [1.54, 1.807) is 0 Å². The van der Waals surface area contributed by atoms with Crippen LogP contribution in [-0.4, -0.2) is 5.71 Å². The van der Waals surface area contributed by atoms with E-state index in [2.05, 4.69) is 36.4 Å². The summed E-state index contributed by atoms with van der Waals surface area (Å²) >= 11 is 0. The smallest absolute Gasteiger partial charge is 0.0655 e. The first kappa shape index (κ1) is 14.1. The summed E-state index contributed by atoms with van der Waals surface area (Å²) in [6.07, 6.45) is 0. The number of para-hydroxylation sites is 2. The van der Waals surface area contributed by atoms with Crippen molar-refractivity contribution in [2.24, 2.45) is 5.10 Å². The van der Waals surface area contributed by atoms with Crippen LogP contribution >= 0.6 is 0 Å². The molecule has 0 amide bonds. The Morgan fingerprint density at radius 2 is 1.05 bits per heavy atom. The van der Waals surface area contributed by atoms with Crippen molar-refractivity contribution in [2.45, 2.75) is 6.92 Å². The molecule has 3 aromatic carbocycles. The van der Waals surface area contributed by atoms with Gasteiger partial charge in [0, 0.05) is 0 Å². The minimum atomic E-state index is 0.980. The van der Waals surface area contributed by atoms with Crippen molar-refractivity contribution in [1.82, 2.24) is 0 Å². The topological polar surface area (TPSA) is 15.6 Å². The van der Waals surface area contributed by atoms with E-state index in [0.29, 0.717) is 0 Å². The Hall–Kier alpha value is -2.87. The van der Waals surface area contributed by atoms with Gasteiger partial charge in [-0.25, -0.2) is 5.01 Å². The lowest BCUT2D eigenvalue weighted by Crippen LogP contribution is -2.12. The highest BCUT2D eigenvalue weighted by Crippen LogP contribution is 2.25. The molecule has 0 radical (unpaired) electrons. The summed E-state index contributed by atoms with van der Waals surface area (Å²) < 4.78 is 0. The number of rotatable bonds is 4.